The second-order valence-corrected chi connectivity index (χ2v) is 8.78. The summed E-state index contributed by atoms with van der Waals surface area (Å²) in [6.07, 6.45) is 0. The molecule has 0 spiro atoms. The van der Waals surface area contributed by atoms with Gasteiger partial charge in [-0.1, -0.05) is 6.92 Å². The Labute approximate surface area is 144 Å². The molecule has 0 amide bonds. The summed E-state index contributed by atoms with van der Waals surface area (Å²) in [6, 6.07) is 0. The van der Waals surface area contributed by atoms with Gasteiger partial charge in [0.1, 0.15) is 0 Å². The molecule has 2 rings (SSSR count). The van der Waals surface area contributed by atoms with Crippen molar-refractivity contribution in [1.82, 2.24) is 15.1 Å². The SMILES string of the molecule is CN=C(NCCN1CCS(=O)(=O)CC1)N1CC(C)C(C(=O)OC)C1. The maximum absolute atomic E-state index is 11.8. The molecule has 0 aromatic carbocycles. The Morgan fingerprint density at radius 1 is 1.29 bits per heavy atom. The predicted octanol–water partition coefficient (Wildman–Crippen LogP) is -0.967. The normalized spacial score (nSPS) is 28.0. The van der Waals surface area contributed by atoms with Gasteiger partial charge in [-0.15, -0.1) is 0 Å². The van der Waals surface area contributed by atoms with Crippen LogP contribution < -0.4 is 5.32 Å². The van der Waals surface area contributed by atoms with E-state index in [4.69, 9.17) is 4.74 Å². The lowest BCUT2D eigenvalue weighted by Crippen LogP contribution is -2.46. The summed E-state index contributed by atoms with van der Waals surface area (Å²) >= 11 is 0. The first-order valence-electron chi connectivity index (χ1n) is 8.32. The third-order valence-corrected chi connectivity index (χ3v) is 6.38. The summed E-state index contributed by atoms with van der Waals surface area (Å²) in [6.45, 7) is 6.07. The fraction of sp³-hybridized carbons (Fsp3) is 0.867. The van der Waals surface area contributed by atoms with Gasteiger partial charge in [-0.05, 0) is 5.92 Å². The van der Waals surface area contributed by atoms with E-state index in [-0.39, 0.29) is 29.3 Å². The molecule has 0 radical (unpaired) electrons. The van der Waals surface area contributed by atoms with Crippen molar-refractivity contribution in [3.63, 3.8) is 0 Å². The minimum Gasteiger partial charge on any atom is -0.469 e. The van der Waals surface area contributed by atoms with Gasteiger partial charge < -0.3 is 15.0 Å². The van der Waals surface area contributed by atoms with Crippen LogP contribution in [0.25, 0.3) is 0 Å². The van der Waals surface area contributed by atoms with Crippen LogP contribution >= 0.6 is 0 Å². The number of esters is 1. The number of likely N-dealkylation sites (tertiary alicyclic amines) is 1. The van der Waals surface area contributed by atoms with Gasteiger partial charge in [0, 0.05) is 46.3 Å². The number of rotatable bonds is 4. The van der Waals surface area contributed by atoms with Crippen molar-refractivity contribution in [2.45, 2.75) is 6.92 Å². The Balaban J connectivity index is 1.78. The van der Waals surface area contributed by atoms with Crippen LogP contribution in [0.1, 0.15) is 6.92 Å². The number of nitrogens with zero attached hydrogens (tertiary/aromatic N) is 3. The Morgan fingerprint density at radius 2 is 1.96 bits per heavy atom. The first kappa shape index (κ1) is 19.0. The number of aliphatic imine (C=N–C) groups is 1. The van der Waals surface area contributed by atoms with E-state index in [9.17, 15) is 13.2 Å². The van der Waals surface area contributed by atoms with Crippen LogP contribution in [-0.4, -0.2) is 95.1 Å². The Kier molecular flexibility index (Phi) is 6.45. The van der Waals surface area contributed by atoms with Crippen molar-refractivity contribution in [1.29, 1.82) is 0 Å². The van der Waals surface area contributed by atoms with Crippen molar-refractivity contribution < 1.29 is 17.9 Å². The minimum atomic E-state index is -2.84. The average Bonchev–Trinajstić information content (AvgIpc) is 2.94. The summed E-state index contributed by atoms with van der Waals surface area (Å²) in [5.74, 6) is 1.19. The highest BCUT2D eigenvalue weighted by atomic mass is 32.2. The van der Waals surface area contributed by atoms with Gasteiger partial charge in [-0.3, -0.25) is 14.7 Å². The fourth-order valence-electron chi connectivity index (χ4n) is 3.23. The molecule has 1 N–H and O–H groups in total. The van der Waals surface area contributed by atoms with Crippen molar-refractivity contribution in [2.24, 2.45) is 16.8 Å². The molecule has 2 unspecified atom stereocenters. The van der Waals surface area contributed by atoms with Crippen LogP contribution in [0.3, 0.4) is 0 Å². The van der Waals surface area contributed by atoms with E-state index in [1.807, 2.05) is 6.92 Å². The number of hydrogen-bond donors (Lipinski definition) is 1. The highest BCUT2D eigenvalue weighted by Crippen LogP contribution is 2.23. The summed E-state index contributed by atoms with van der Waals surface area (Å²) in [4.78, 5) is 20.3. The Bertz CT molecular complexity index is 564. The number of sulfone groups is 1. The van der Waals surface area contributed by atoms with Crippen LogP contribution in [0, 0.1) is 11.8 Å². The van der Waals surface area contributed by atoms with Gasteiger partial charge in [-0.2, -0.15) is 0 Å². The number of nitrogens with one attached hydrogen (secondary N) is 1. The van der Waals surface area contributed by atoms with E-state index < -0.39 is 9.84 Å². The minimum absolute atomic E-state index is 0.124. The Morgan fingerprint density at radius 3 is 2.54 bits per heavy atom. The predicted molar refractivity (Wildman–Crippen MR) is 92.7 cm³/mol. The fourth-order valence-corrected chi connectivity index (χ4v) is 4.51. The molecule has 138 valence electrons. The second-order valence-electron chi connectivity index (χ2n) is 6.48. The van der Waals surface area contributed by atoms with Crippen LogP contribution in [0.2, 0.25) is 0 Å². The van der Waals surface area contributed by atoms with E-state index >= 15 is 0 Å². The molecule has 0 aliphatic carbocycles. The molecule has 0 bridgehead atoms. The number of guanidine groups is 1. The molecule has 2 aliphatic heterocycles. The molecule has 2 heterocycles. The van der Waals surface area contributed by atoms with Gasteiger partial charge in [0.25, 0.3) is 0 Å². The van der Waals surface area contributed by atoms with E-state index in [1.165, 1.54) is 7.11 Å². The first-order valence-corrected chi connectivity index (χ1v) is 10.1. The van der Waals surface area contributed by atoms with Gasteiger partial charge in [0.05, 0.1) is 24.5 Å². The van der Waals surface area contributed by atoms with E-state index in [0.29, 0.717) is 26.2 Å². The summed E-state index contributed by atoms with van der Waals surface area (Å²) < 4.78 is 27.7. The highest BCUT2D eigenvalue weighted by Gasteiger charge is 2.36. The van der Waals surface area contributed by atoms with E-state index in [1.54, 1.807) is 7.05 Å². The van der Waals surface area contributed by atoms with Crippen molar-refractivity contribution in [3.05, 3.63) is 0 Å². The van der Waals surface area contributed by atoms with E-state index in [2.05, 4.69) is 20.1 Å². The molecule has 2 fully saturated rings. The number of hydrogen-bond acceptors (Lipinski definition) is 6. The van der Waals surface area contributed by atoms with E-state index in [0.717, 1.165) is 19.0 Å². The molecular weight excluding hydrogens is 332 g/mol. The quantitative estimate of drug-likeness (QED) is 0.392. The van der Waals surface area contributed by atoms with Crippen LogP contribution in [0.5, 0.6) is 0 Å². The lowest BCUT2D eigenvalue weighted by molar-refractivity contribution is -0.145. The van der Waals surface area contributed by atoms with Crippen molar-refractivity contribution in [2.75, 3.05) is 64.9 Å². The lowest BCUT2D eigenvalue weighted by atomic mass is 9.99. The number of ether oxygens (including phenoxy) is 1. The highest BCUT2D eigenvalue weighted by molar-refractivity contribution is 7.91. The zero-order valence-electron chi connectivity index (χ0n) is 14.7. The maximum atomic E-state index is 11.8. The number of carbonyl (C=O) groups is 1. The summed E-state index contributed by atoms with van der Waals surface area (Å²) in [7, 11) is 0.313. The average molecular weight is 360 g/mol. The molecule has 2 atom stereocenters. The van der Waals surface area contributed by atoms with Gasteiger partial charge in [0.15, 0.2) is 15.8 Å². The van der Waals surface area contributed by atoms with Crippen LogP contribution in [0.4, 0.5) is 0 Å². The molecule has 8 nitrogen and oxygen atoms in total. The molecule has 9 heteroatoms. The van der Waals surface area contributed by atoms with Crippen molar-refractivity contribution >= 4 is 21.8 Å². The molecule has 0 saturated carbocycles. The topological polar surface area (TPSA) is 91.3 Å². The Hall–Kier alpha value is -1.35. The van der Waals surface area contributed by atoms with Gasteiger partial charge in [-0.25, -0.2) is 8.42 Å². The van der Waals surface area contributed by atoms with Crippen LogP contribution in [0.15, 0.2) is 4.99 Å². The zero-order chi connectivity index (χ0) is 17.7. The third-order valence-electron chi connectivity index (χ3n) is 4.78. The van der Waals surface area contributed by atoms with Gasteiger partial charge in [0.2, 0.25) is 0 Å². The largest absolute Gasteiger partial charge is 0.469 e. The lowest BCUT2D eigenvalue weighted by Gasteiger charge is -2.27. The number of methoxy groups -OCH3 is 1. The monoisotopic (exact) mass is 360 g/mol. The molecule has 2 saturated heterocycles. The maximum Gasteiger partial charge on any atom is 0.310 e. The molecule has 24 heavy (non-hydrogen) atoms. The smallest absolute Gasteiger partial charge is 0.310 e. The molecule has 0 aromatic heterocycles. The third kappa shape index (κ3) is 4.83. The second kappa shape index (κ2) is 8.15. The summed E-state index contributed by atoms with van der Waals surface area (Å²) in [5, 5.41) is 3.31. The van der Waals surface area contributed by atoms with Gasteiger partial charge >= 0.3 is 5.97 Å². The first-order chi connectivity index (χ1) is 11.4. The molecule has 2 aliphatic rings. The van der Waals surface area contributed by atoms with Crippen molar-refractivity contribution in [3.8, 4) is 0 Å². The van der Waals surface area contributed by atoms with Crippen LogP contribution in [-0.2, 0) is 19.4 Å². The summed E-state index contributed by atoms with van der Waals surface area (Å²) in [5.41, 5.74) is 0. The molecular formula is C15H28N4O4S. The number of carbonyl (C=O) groups excluding carboxylic acids is 1. The zero-order valence-corrected chi connectivity index (χ0v) is 15.5. The standard InChI is InChI=1S/C15H28N4O4S/c1-12-10-19(11-13(12)14(20)23-3)15(16-2)17-4-5-18-6-8-24(21,22)9-7-18/h12-13H,4-11H2,1-3H3,(H,16,17). The molecule has 0 aromatic rings.